The van der Waals surface area contributed by atoms with Gasteiger partial charge >= 0.3 is 0 Å². The lowest BCUT2D eigenvalue weighted by Gasteiger charge is -2.29. The number of methoxy groups -OCH3 is 2. The molecule has 0 aromatic heterocycles. The van der Waals surface area contributed by atoms with Gasteiger partial charge in [0.25, 0.3) is 0 Å². The van der Waals surface area contributed by atoms with Crippen LogP contribution in [0.25, 0.3) is 0 Å². The number of para-hydroxylation sites is 1. The van der Waals surface area contributed by atoms with E-state index < -0.39 is 0 Å². The molecule has 1 aliphatic rings. The molecule has 1 heterocycles. The first-order valence-electron chi connectivity index (χ1n) is 10.00. The lowest BCUT2D eigenvalue weighted by atomic mass is 9.99. The molecule has 0 aliphatic carbocycles. The van der Waals surface area contributed by atoms with E-state index >= 15 is 0 Å². The average molecular weight is 412 g/mol. The summed E-state index contributed by atoms with van der Waals surface area (Å²) < 4.78 is 10.7. The second-order valence-corrected chi connectivity index (χ2v) is 7.53. The van der Waals surface area contributed by atoms with E-state index in [0.29, 0.717) is 12.3 Å². The number of hydrogen-bond donors (Lipinski definition) is 2. The fraction of sp³-hybridized carbons (Fsp3) is 0.391. The number of ether oxygens (including phenoxy) is 2. The molecule has 0 saturated carbocycles. The second-order valence-electron chi connectivity index (χ2n) is 7.53. The number of amides is 2. The summed E-state index contributed by atoms with van der Waals surface area (Å²) in [6.07, 6.45) is 0.829. The zero-order valence-corrected chi connectivity index (χ0v) is 18.0. The molecule has 0 bridgehead atoms. The van der Waals surface area contributed by atoms with Crippen LogP contribution in [0.1, 0.15) is 22.3 Å². The summed E-state index contributed by atoms with van der Waals surface area (Å²) >= 11 is 0. The van der Waals surface area contributed by atoms with Crippen LogP contribution >= 0.6 is 0 Å². The highest BCUT2D eigenvalue weighted by Crippen LogP contribution is 2.33. The summed E-state index contributed by atoms with van der Waals surface area (Å²) in [6.45, 7) is 5.49. The smallest absolute Gasteiger partial charge is 0.243 e. The van der Waals surface area contributed by atoms with E-state index in [1.54, 1.807) is 14.2 Å². The van der Waals surface area contributed by atoms with Crippen molar-refractivity contribution in [1.29, 1.82) is 0 Å². The minimum atomic E-state index is -0.235. The highest BCUT2D eigenvalue weighted by Gasteiger charge is 2.21. The van der Waals surface area contributed by atoms with Crippen LogP contribution < -0.4 is 20.1 Å². The molecule has 1 aliphatic heterocycles. The molecule has 0 fully saturated rings. The summed E-state index contributed by atoms with van der Waals surface area (Å²) in [5.74, 6) is 1.00. The molecule has 0 saturated heterocycles. The van der Waals surface area contributed by atoms with Gasteiger partial charge in [-0.25, -0.2) is 0 Å². The van der Waals surface area contributed by atoms with Gasteiger partial charge in [-0.15, -0.1) is 0 Å². The molecule has 3 rings (SSSR count). The van der Waals surface area contributed by atoms with Gasteiger partial charge in [0, 0.05) is 18.8 Å². The molecule has 30 heavy (non-hydrogen) atoms. The Kier molecular flexibility index (Phi) is 6.95. The quantitative estimate of drug-likeness (QED) is 0.732. The molecule has 2 aromatic rings. The molecule has 160 valence electrons. The van der Waals surface area contributed by atoms with E-state index in [4.69, 9.17) is 9.47 Å². The molecule has 7 nitrogen and oxygen atoms in total. The molecule has 2 aromatic carbocycles. The largest absolute Gasteiger partial charge is 0.493 e. The Morgan fingerprint density at radius 3 is 2.27 bits per heavy atom. The standard InChI is InChI=1S/C23H29N3O4/c1-15-6-5-7-16(2)23(15)25-21(27)12-24-22(28)14-26-9-8-17-10-19(29-3)20(30-4)11-18(17)13-26/h5-7,10-11H,8-9,12-14H2,1-4H3,(H,24,28)(H,25,27). The van der Waals surface area contributed by atoms with Crippen LogP contribution in [0.15, 0.2) is 30.3 Å². The van der Waals surface area contributed by atoms with Crippen molar-refractivity contribution in [3.63, 3.8) is 0 Å². The monoisotopic (exact) mass is 411 g/mol. The van der Waals surface area contributed by atoms with Crippen LogP contribution in [-0.2, 0) is 22.6 Å². The van der Waals surface area contributed by atoms with Crippen LogP contribution in [0.3, 0.4) is 0 Å². The predicted octanol–water partition coefficient (Wildman–Crippen LogP) is 2.43. The maximum atomic E-state index is 12.4. The van der Waals surface area contributed by atoms with E-state index in [-0.39, 0.29) is 24.9 Å². The number of aryl methyl sites for hydroxylation is 2. The Balaban J connectivity index is 1.52. The molecule has 7 heteroatoms. The Morgan fingerprint density at radius 2 is 1.63 bits per heavy atom. The molecule has 0 spiro atoms. The number of hydrogen-bond acceptors (Lipinski definition) is 5. The third kappa shape index (κ3) is 5.10. The van der Waals surface area contributed by atoms with Crippen molar-refractivity contribution in [2.45, 2.75) is 26.8 Å². The minimum absolute atomic E-state index is 0.0535. The molecule has 0 radical (unpaired) electrons. The van der Waals surface area contributed by atoms with Gasteiger partial charge in [-0.3, -0.25) is 14.5 Å². The third-order valence-electron chi connectivity index (χ3n) is 5.36. The van der Waals surface area contributed by atoms with Gasteiger partial charge in [0.1, 0.15) is 0 Å². The Morgan fingerprint density at radius 1 is 1.00 bits per heavy atom. The summed E-state index contributed by atoms with van der Waals surface area (Å²) in [4.78, 5) is 26.7. The summed E-state index contributed by atoms with van der Waals surface area (Å²) in [5, 5.41) is 5.60. The Labute approximate surface area is 177 Å². The predicted molar refractivity (Wildman–Crippen MR) is 116 cm³/mol. The number of carbonyl (C=O) groups is 2. The molecule has 2 N–H and O–H groups in total. The van der Waals surface area contributed by atoms with Crippen LogP contribution in [0.5, 0.6) is 11.5 Å². The van der Waals surface area contributed by atoms with Crippen LogP contribution in [0.4, 0.5) is 5.69 Å². The van der Waals surface area contributed by atoms with E-state index in [0.717, 1.165) is 41.1 Å². The van der Waals surface area contributed by atoms with Crippen molar-refractivity contribution in [2.75, 3.05) is 39.2 Å². The van der Waals surface area contributed by atoms with Gasteiger partial charge < -0.3 is 20.1 Å². The van der Waals surface area contributed by atoms with Gasteiger partial charge in [-0.2, -0.15) is 0 Å². The van der Waals surface area contributed by atoms with Gasteiger partial charge in [0.05, 0.1) is 27.3 Å². The highest BCUT2D eigenvalue weighted by molar-refractivity contribution is 5.95. The lowest BCUT2D eigenvalue weighted by molar-refractivity contribution is -0.125. The van der Waals surface area contributed by atoms with Crippen LogP contribution in [-0.4, -0.2) is 50.6 Å². The fourth-order valence-corrected chi connectivity index (χ4v) is 3.71. The van der Waals surface area contributed by atoms with Crippen molar-refractivity contribution in [3.8, 4) is 11.5 Å². The van der Waals surface area contributed by atoms with E-state index in [1.165, 1.54) is 5.56 Å². The maximum absolute atomic E-state index is 12.4. The van der Waals surface area contributed by atoms with Gasteiger partial charge in [0.2, 0.25) is 11.8 Å². The van der Waals surface area contributed by atoms with Crippen molar-refractivity contribution in [1.82, 2.24) is 10.2 Å². The number of fused-ring (bicyclic) bond motifs is 1. The van der Waals surface area contributed by atoms with Crippen molar-refractivity contribution >= 4 is 17.5 Å². The highest BCUT2D eigenvalue weighted by atomic mass is 16.5. The van der Waals surface area contributed by atoms with Crippen molar-refractivity contribution in [3.05, 3.63) is 52.6 Å². The number of benzene rings is 2. The van der Waals surface area contributed by atoms with E-state index in [9.17, 15) is 9.59 Å². The first-order valence-corrected chi connectivity index (χ1v) is 10.00. The fourth-order valence-electron chi connectivity index (χ4n) is 3.71. The molecule has 0 unspecified atom stereocenters. The van der Waals surface area contributed by atoms with Gasteiger partial charge in [-0.1, -0.05) is 18.2 Å². The Hall–Kier alpha value is -3.06. The number of nitrogens with one attached hydrogen (secondary N) is 2. The molecule has 0 atom stereocenters. The number of rotatable bonds is 7. The summed E-state index contributed by atoms with van der Waals surface area (Å²) in [7, 11) is 3.24. The SMILES string of the molecule is COc1cc2c(cc1OC)CN(CC(=O)NCC(=O)Nc1c(C)cccc1C)CC2. The number of anilines is 1. The zero-order valence-electron chi connectivity index (χ0n) is 18.0. The Bertz CT molecular complexity index is 922. The van der Waals surface area contributed by atoms with E-state index in [2.05, 4.69) is 15.5 Å². The normalized spacial score (nSPS) is 13.3. The molecule has 2 amide bonds. The zero-order chi connectivity index (χ0) is 21.7. The number of nitrogens with zero attached hydrogens (tertiary/aromatic N) is 1. The second kappa shape index (κ2) is 9.63. The molecular formula is C23H29N3O4. The number of carbonyl (C=O) groups excluding carboxylic acids is 2. The topological polar surface area (TPSA) is 79.9 Å². The van der Waals surface area contributed by atoms with Gasteiger partial charge in [0.15, 0.2) is 11.5 Å². The minimum Gasteiger partial charge on any atom is -0.493 e. The first kappa shape index (κ1) is 21.6. The maximum Gasteiger partial charge on any atom is 0.243 e. The average Bonchev–Trinajstić information content (AvgIpc) is 2.74. The van der Waals surface area contributed by atoms with Crippen molar-refractivity contribution in [2.24, 2.45) is 0 Å². The third-order valence-corrected chi connectivity index (χ3v) is 5.36. The summed E-state index contributed by atoms with van der Waals surface area (Å²) in [5.41, 5.74) is 5.12. The lowest BCUT2D eigenvalue weighted by Crippen LogP contribution is -2.42. The van der Waals surface area contributed by atoms with Crippen LogP contribution in [0.2, 0.25) is 0 Å². The first-order chi connectivity index (χ1) is 14.4. The molecular weight excluding hydrogens is 382 g/mol. The van der Waals surface area contributed by atoms with E-state index in [1.807, 2.05) is 44.2 Å². The summed E-state index contributed by atoms with van der Waals surface area (Å²) in [6, 6.07) is 9.81. The van der Waals surface area contributed by atoms with Gasteiger partial charge in [-0.05, 0) is 54.7 Å². The van der Waals surface area contributed by atoms with Crippen molar-refractivity contribution < 1.29 is 19.1 Å². The van der Waals surface area contributed by atoms with Crippen LogP contribution in [0, 0.1) is 13.8 Å².